The molecule has 4 nitrogen and oxygen atoms in total. The zero-order valence-electron chi connectivity index (χ0n) is 11.7. The van der Waals surface area contributed by atoms with E-state index in [9.17, 15) is 0 Å². The van der Waals surface area contributed by atoms with Gasteiger partial charge in [0.2, 0.25) is 0 Å². The van der Waals surface area contributed by atoms with Crippen molar-refractivity contribution < 1.29 is 0 Å². The predicted molar refractivity (Wildman–Crippen MR) is 86.2 cm³/mol. The Kier molecular flexibility index (Phi) is 3.87. The lowest BCUT2D eigenvalue weighted by Gasteiger charge is -2.30. The van der Waals surface area contributed by atoms with Crippen LogP contribution in [0.15, 0.2) is 30.6 Å². The predicted octanol–water partition coefficient (Wildman–Crippen LogP) is 3.03. The first-order valence-electron chi connectivity index (χ1n) is 7.23. The molecule has 1 aliphatic carbocycles. The summed E-state index contributed by atoms with van der Waals surface area (Å²) in [5.74, 6) is 0.683. The van der Waals surface area contributed by atoms with E-state index < -0.39 is 0 Å². The number of fused-ring (bicyclic) bond motifs is 1. The van der Waals surface area contributed by atoms with E-state index in [0.29, 0.717) is 17.1 Å². The van der Waals surface area contributed by atoms with Gasteiger partial charge in [0.25, 0.3) is 0 Å². The standard InChI is InChI=1S/C15H20N4S/c1-11-6-2-3-7-12(11)17-15(20)18-19-10-16-13-8-4-5-9-14(13)19/h4-5,8-12H,2-3,6-7H2,1H3,(H2,17,18,20)/t11-,12-/m1/s1. The van der Waals surface area contributed by atoms with Crippen molar-refractivity contribution in [3.8, 4) is 0 Å². The second kappa shape index (κ2) is 5.79. The third-order valence-corrected chi connectivity index (χ3v) is 4.31. The van der Waals surface area contributed by atoms with Gasteiger partial charge in [0.05, 0.1) is 11.0 Å². The Morgan fingerprint density at radius 2 is 2.10 bits per heavy atom. The van der Waals surface area contributed by atoms with Gasteiger partial charge < -0.3 is 5.32 Å². The fourth-order valence-electron chi connectivity index (χ4n) is 2.89. The number of para-hydroxylation sites is 2. The van der Waals surface area contributed by atoms with Crippen LogP contribution in [0.1, 0.15) is 32.6 Å². The van der Waals surface area contributed by atoms with Crippen LogP contribution in [0.5, 0.6) is 0 Å². The van der Waals surface area contributed by atoms with E-state index in [4.69, 9.17) is 12.2 Å². The number of imidazole rings is 1. The van der Waals surface area contributed by atoms with Gasteiger partial charge in [-0.1, -0.05) is 31.9 Å². The van der Waals surface area contributed by atoms with Crippen molar-refractivity contribution in [1.82, 2.24) is 15.0 Å². The number of hydrogen-bond donors (Lipinski definition) is 2. The Bertz CT molecular complexity index is 607. The molecule has 1 saturated carbocycles. The van der Waals surface area contributed by atoms with Gasteiger partial charge in [-0.15, -0.1) is 0 Å². The molecule has 1 heterocycles. The zero-order valence-corrected chi connectivity index (χ0v) is 12.5. The lowest BCUT2D eigenvalue weighted by Crippen LogP contribution is -2.44. The van der Waals surface area contributed by atoms with Gasteiger partial charge in [0.15, 0.2) is 5.11 Å². The topological polar surface area (TPSA) is 41.9 Å². The van der Waals surface area contributed by atoms with Crippen molar-refractivity contribution in [2.75, 3.05) is 5.43 Å². The average molecular weight is 288 g/mol. The quantitative estimate of drug-likeness (QED) is 0.834. The minimum Gasteiger partial charge on any atom is -0.358 e. The first kappa shape index (κ1) is 13.4. The normalized spacial score (nSPS) is 22.6. The lowest BCUT2D eigenvalue weighted by atomic mass is 9.86. The summed E-state index contributed by atoms with van der Waals surface area (Å²) in [6.45, 7) is 2.30. The van der Waals surface area contributed by atoms with Crippen LogP contribution in [0.2, 0.25) is 0 Å². The van der Waals surface area contributed by atoms with Crippen LogP contribution < -0.4 is 10.7 Å². The molecule has 2 atom stereocenters. The van der Waals surface area contributed by atoms with E-state index in [0.717, 1.165) is 11.0 Å². The number of nitrogens with zero attached hydrogens (tertiary/aromatic N) is 2. The van der Waals surface area contributed by atoms with Crippen LogP contribution in [0.25, 0.3) is 11.0 Å². The SMILES string of the molecule is C[C@@H]1CCCC[C@H]1NC(=S)Nn1cnc2ccccc21. The van der Waals surface area contributed by atoms with Gasteiger partial charge >= 0.3 is 0 Å². The van der Waals surface area contributed by atoms with Crippen molar-refractivity contribution in [3.63, 3.8) is 0 Å². The fraction of sp³-hybridized carbons (Fsp3) is 0.467. The summed E-state index contributed by atoms with van der Waals surface area (Å²) in [7, 11) is 0. The van der Waals surface area contributed by atoms with Crippen molar-refractivity contribution in [1.29, 1.82) is 0 Å². The third kappa shape index (κ3) is 2.77. The molecular formula is C15H20N4S. The molecule has 0 aliphatic heterocycles. The molecule has 1 aromatic heterocycles. The fourth-order valence-corrected chi connectivity index (χ4v) is 3.14. The van der Waals surface area contributed by atoms with Gasteiger partial charge in [0, 0.05) is 6.04 Å². The molecule has 1 aliphatic rings. The van der Waals surface area contributed by atoms with Crippen LogP contribution >= 0.6 is 12.2 Å². The number of hydrogen-bond acceptors (Lipinski definition) is 2. The summed E-state index contributed by atoms with van der Waals surface area (Å²) < 4.78 is 1.87. The molecule has 20 heavy (non-hydrogen) atoms. The number of benzene rings is 1. The largest absolute Gasteiger partial charge is 0.358 e. The van der Waals surface area contributed by atoms with Crippen LogP contribution in [0.4, 0.5) is 0 Å². The Hall–Kier alpha value is -1.62. The van der Waals surface area contributed by atoms with E-state index in [1.807, 2.05) is 28.9 Å². The third-order valence-electron chi connectivity index (χ3n) is 4.10. The highest BCUT2D eigenvalue weighted by molar-refractivity contribution is 7.80. The lowest BCUT2D eigenvalue weighted by molar-refractivity contribution is 0.309. The maximum atomic E-state index is 5.43. The summed E-state index contributed by atoms with van der Waals surface area (Å²) in [5, 5.41) is 4.12. The minimum atomic E-state index is 0.485. The summed E-state index contributed by atoms with van der Waals surface area (Å²) in [5.41, 5.74) is 5.21. The van der Waals surface area contributed by atoms with Crippen LogP contribution in [-0.2, 0) is 0 Å². The van der Waals surface area contributed by atoms with Crippen molar-refractivity contribution in [3.05, 3.63) is 30.6 Å². The Morgan fingerprint density at radius 1 is 1.30 bits per heavy atom. The molecule has 0 amide bonds. The molecule has 0 unspecified atom stereocenters. The molecule has 2 aromatic rings. The van der Waals surface area contributed by atoms with E-state index in [2.05, 4.69) is 22.7 Å². The number of nitrogens with one attached hydrogen (secondary N) is 2. The maximum absolute atomic E-state index is 5.43. The molecule has 106 valence electrons. The van der Waals surface area contributed by atoms with E-state index in [1.54, 1.807) is 6.33 Å². The zero-order chi connectivity index (χ0) is 13.9. The molecule has 2 N–H and O–H groups in total. The second-order valence-corrected chi connectivity index (χ2v) is 5.97. The molecule has 0 bridgehead atoms. The first-order valence-corrected chi connectivity index (χ1v) is 7.64. The van der Waals surface area contributed by atoms with E-state index in [-0.39, 0.29) is 0 Å². The Morgan fingerprint density at radius 3 is 2.95 bits per heavy atom. The minimum absolute atomic E-state index is 0.485. The maximum Gasteiger partial charge on any atom is 0.185 e. The van der Waals surface area contributed by atoms with Crippen LogP contribution in [-0.4, -0.2) is 20.8 Å². The number of aromatic nitrogens is 2. The van der Waals surface area contributed by atoms with Crippen molar-refractivity contribution >= 4 is 28.4 Å². The van der Waals surface area contributed by atoms with Crippen molar-refractivity contribution in [2.24, 2.45) is 5.92 Å². The van der Waals surface area contributed by atoms with Gasteiger partial charge in [-0.25, -0.2) is 9.66 Å². The van der Waals surface area contributed by atoms with E-state index >= 15 is 0 Å². The van der Waals surface area contributed by atoms with Gasteiger partial charge in [-0.3, -0.25) is 5.43 Å². The summed E-state index contributed by atoms with van der Waals surface area (Å²) in [6.07, 6.45) is 6.88. The monoisotopic (exact) mass is 288 g/mol. The van der Waals surface area contributed by atoms with E-state index in [1.165, 1.54) is 25.7 Å². The van der Waals surface area contributed by atoms with Crippen LogP contribution in [0.3, 0.4) is 0 Å². The van der Waals surface area contributed by atoms with Gasteiger partial charge in [-0.2, -0.15) is 0 Å². The molecule has 0 spiro atoms. The molecule has 1 aromatic carbocycles. The molecule has 0 saturated heterocycles. The molecule has 0 radical (unpaired) electrons. The number of thiocarbonyl (C=S) groups is 1. The smallest absolute Gasteiger partial charge is 0.185 e. The van der Waals surface area contributed by atoms with Crippen LogP contribution in [0, 0.1) is 5.92 Å². The summed E-state index contributed by atoms with van der Waals surface area (Å²) in [6, 6.07) is 8.49. The Labute approximate surface area is 124 Å². The average Bonchev–Trinajstić information content (AvgIpc) is 2.85. The molecule has 1 fully saturated rings. The number of rotatable bonds is 2. The molecule has 3 rings (SSSR count). The molecular weight excluding hydrogens is 268 g/mol. The Balaban J connectivity index is 1.66. The molecule has 5 heteroatoms. The van der Waals surface area contributed by atoms with Gasteiger partial charge in [0.1, 0.15) is 6.33 Å². The highest BCUT2D eigenvalue weighted by atomic mass is 32.1. The second-order valence-electron chi connectivity index (χ2n) is 5.56. The van der Waals surface area contributed by atoms with Gasteiger partial charge in [-0.05, 0) is 43.1 Å². The summed E-state index contributed by atoms with van der Waals surface area (Å²) >= 11 is 5.43. The highest BCUT2D eigenvalue weighted by Crippen LogP contribution is 2.23. The van der Waals surface area contributed by atoms with Crippen molar-refractivity contribution in [2.45, 2.75) is 38.6 Å². The first-order chi connectivity index (χ1) is 9.74. The highest BCUT2D eigenvalue weighted by Gasteiger charge is 2.21. The summed E-state index contributed by atoms with van der Waals surface area (Å²) in [4.78, 5) is 4.35.